The van der Waals surface area contributed by atoms with E-state index >= 15 is 0 Å². The number of likely N-dealkylation sites (tertiary alicyclic amines) is 1. The summed E-state index contributed by atoms with van der Waals surface area (Å²) in [5, 5.41) is 9.92. The topological polar surface area (TPSA) is 43.8 Å². The molecule has 1 aliphatic heterocycles. The van der Waals surface area contributed by atoms with Crippen molar-refractivity contribution < 1.29 is 14.3 Å². The summed E-state index contributed by atoms with van der Waals surface area (Å²) in [5.74, 6) is -0.257. The van der Waals surface area contributed by atoms with Gasteiger partial charge in [0.25, 0.3) is 0 Å². The van der Waals surface area contributed by atoms with E-state index in [9.17, 15) is 14.3 Å². The number of carbonyl (C=O) groups excluding carboxylic acids is 1. The van der Waals surface area contributed by atoms with E-state index in [0.717, 1.165) is 19.5 Å². The smallest absolute Gasteiger partial charge is 0.236 e. The molecule has 2 atom stereocenters. The van der Waals surface area contributed by atoms with E-state index in [0.29, 0.717) is 10.6 Å². The van der Waals surface area contributed by atoms with Gasteiger partial charge in [0.2, 0.25) is 5.91 Å². The molecule has 1 amide bonds. The first-order chi connectivity index (χ1) is 10.4. The number of hydrogen-bond donors (Lipinski definition) is 1. The molecule has 1 aromatic carbocycles. The molecule has 0 aliphatic carbocycles. The lowest BCUT2D eigenvalue weighted by Crippen LogP contribution is -2.37. The highest BCUT2D eigenvalue weighted by Crippen LogP contribution is 2.22. The van der Waals surface area contributed by atoms with Gasteiger partial charge in [-0.15, -0.1) is 0 Å². The van der Waals surface area contributed by atoms with Crippen LogP contribution in [0.3, 0.4) is 0 Å². The summed E-state index contributed by atoms with van der Waals surface area (Å²) in [6.45, 7) is 3.74. The maximum absolute atomic E-state index is 13.8. The van der Waals surface area contributed by atoms with Crippen molar-refractivity contribution in [1.29, 1.82) is 0 Å². The van der Waals surface area contributed by atoms with Gasteiger partial charge < -0.3 is 10.0 Å². The van der Waals surface area contributed by atoms with Crippen LogP contribution in [0.4, 0.5) is 4.39 Å². The molecule has 1 fully saturated rings. The van der Waals surface area contributed by atoms with Gasteiger partial charge >= 0.3 is 0 Å². The van der Waals surface area contributed by atoms with Gasteiger partial charge in [-0.2, -0.15) is 0 Å². The zero-order valence-corrected chi connectivity index (χ0v) is 13.7. The summed E-state index contributed by atoms with van der Waals surface area (Å²) >= 11 is 5.99. The third kappa shape index (κ3) is 4.18. The fourth-order valence-corrected chi connectivity index (χ4v) is 2.94. The molecular formula is C16H22ClFN2O2. The molecule has 0 bridgehead atoms. The van der Waals surface area contributed by atoms with E-state index in [1.807, 2.05) is 4.90 Å². The first kappa shape index (κ1) is 17.2. The Morgan fingerprint density at radius 2 is 2.32 bits per heavy atom. The fourth-order valence-electron chi connectivity index (χ4n) is 2.72. The molecule has 0 aromatic heterocycles. The van der Waals surface area contributed by atoms with Crippen molar-refractivity contribution >= 4 is 17.5 Å². The third-order valence-electron chi connectivity index (χ3n) is 4.23. The van der Waals surface area contributed by atoms with Crippen LogP contribution in [0.15, 0.2) is 18.2 Å². The maximum Gasteiger partial charge on any atom is 0.236 e. The highest BCUT2D eigenvalue weighted by Gasteiger charge is 2.28. The number of likely N-dealkylation sites (N-methyl/N-ethyl adjacent to an activating group) is 1. The van der Waals surface area contributed by atoms with Gasteiger partial charge in [0, 0.05) is 30.7 Å². The minimum absolute atomic E-state index is 0.0782. The molecule has 1 N–H and O–H groups in total. The molecule has 122 valence electrons. The van der Waals surface area contributed by atoms with Crippen LogP contribution in [-0.2, 0) is 11.3 Å². The molecule has 0 saturated carbocycles. The molecule has 22 heavy (non-hydrogen) atoms. The van der Waals surface area contributed by atoms with Crippen LogP contribution in [0, 0.1) is 11.7 Å². The first-order valence-corrected chi connectivity index (χ1v) is 7.83. The van der Waals surface area contributed by atoms with Crippen LogP contribution in [0.2, 0.25) is 5.02 Å². The molecule has 0 radical (unpaired) electrons. The van der Waals surface area contributed by atoms with E-state index in [-0.39, 0.29) is 31.0 Å². The second-order valence-corrected chi connectivity index (χ2v) is 6.38. The number of benzene rings is 1. The standard InChI is InChI=1S/C16H22ClFN2O2/c1-11(21)12-6-7-20(8-12)10-16(22)19(2)9-13-14(17)4-3-5-15(13)18/h3-5,11-12,21H,6-10H2,1-2H3. The van der Waals surface area contributed by atoms with Crippen LogP contribution < -0.4 is 0 Å². The summed E-state index contributed by atoms with van der Waals surface area (Å²) in [6, 6.07) is 4.50. The largest absolute Gasteiger partial charge is 0.393 e. The number of carbonyl (C=O) groups is 1. The maximum atomic E-state index is 13.8. The Balaban J connectivity index is 1.90. The number of hydrogen-bond acceptors (Lipinski definition) is 3. The van der Waals surface area contributed by atoms with E-state index in [1.165, 1.54) is 11.0 Å². The van der Waals surface area contributed by atoms with Crippen LogP contribution in [0.5, 0.6) is 0 Å². The van der Waals surface area contributed by atoms with Gasteiger partial charge in [-0.25, -0.2) is 4.39 Å². The van der Waals surface area contributed by atoms with Crippen molar-refractivity contribution in [3.05, 3.63) is 34.6 Å². The lowest BCUT2D eigenvalue weighted by Gasteiger charge is -2.22. The Hall–Kier alpha value is -1.17. The molecule has 1 aliphatic rings. The van der Waals surface area contributed by atoms with E-state index in [4.69, 9.17) is 11.6 Å². The Labute approximate surface area is 135 Å². The highest BCUT2D eigenvalue weighted by molar-refractivity contribution is 6.31. The molecule has 2 unspecified atom stereocenters. The SMILES string of the molecule is CC(O)C1CCN(CC(=O)N(C)Cc2c(F)cccc2Cl)C1. The van der Waals surface area contributed by atoms with Crippen LogP contribution in [0.25, 0.3) is 0 Å². The number of rotatable bonds is 5. The fraction of sp³-hybridized carbons (Fsp3) is 0.562. The van der Waals surface area contributed by atoms with Crippen LogP contribution >= 0.6 is 11.6 Å². The van der Waals surface area contributed by atoms with Gasteiger partial charge in [-0.05, 0) is 37.9 Å². The van der Waals surface area contributed by atoms with Crippen molar-refractivity contribution in [2.45, 2.75) is 26.0 Å². The Morgan fingerprint density at radius 1 is 1.59 bits per heavy atom. The van der Waals surface area contributed by atoms with Crippen molar-refractivity contribution in [2.75, 3.05) is 26.7 Å². The number of halogens is 2. The molecule has 1 saturated heterocycles. The van der Waals surface area contributed by atoms with Crippen LogP contribution in [0.1, 0.15) is 18.9 Å². The predicted molar refractivity (Wildman–Crippen MR) is 84.1 cm³/mol. The van der Waals surface area contributed by atoms with Gasteiger partial charge in [0.1, 0.15) is 5.82 Å². The second kappa shape index (κ2) is 7.40. The predicted octanol–water partition coefficient (Wildman–Crippen LogP) is 2.14. The average Bonchev–Trinajstić information content (AvgIpc) is 2.91. The van der Waals surface area contributed by atoms with Crippen molar-refractivity contribution in [3.63, 3.8) is 0 Å². The average molecular weight is 329 g/mol. The van der Waals surface area contributed by atoms with E-state index < -0.39 is 5.82 Å². The van der Waals surface area contributed by atoms with Crippen molar-refractivity contribution in [3.8, 4) is 0 Å². The molecule has 1 heterocycles. The Morgan fingerprint density at radius 3 is 2.91 bits per heavy atom. The summed E-state index contributed by atoms with van der Waals surface area (Å²) in [6.07, 6.45) is 0.545. The van der Waals surface area contributed by atoms with Crippen molar-refractivity contribution in [2.24, 2.45) is 5.92 Å². The number of amides is 1. The Kier molecular flexibility index (Phi) is 5.78. The van der Waals surface area contributed by atoms with E-state index in [2.05, 4.69) is 0 Å². The molecule has 1 aromatic rings. The van der Waals surface area contributed by atoms with E-state index in [1.54, 1.807) is 26.1 Å². The summed E-state index contributed by atoms with van der Waals surface area (Å²) < 4.78 is 13.8. The minimum atomic E-state index is -0.400. The number of nitrogens with zero attached hydrogens (tertiary/aromatic N) is 2. The zero-order valence-electron chi connectivity index (χ0n) is 12.9. The monoisotopic (exact) mass is 328 g/mol. The minimum Gasteiger partial charge on any atom is -0.393 e. The quantitative estimate of drug-likeness (QED) is 0.900. The number of aliphatic hydroxyl groups excluding tert-OH is 1. The molecule has 0 spiro atoms. The number of aliphatic hydroxyl groups is 1. The van der Waals surface area contributed by atoms with Gasteiger partial charge in [-0.1, -0.05) is 17.7 Å². The van der Waals surface area contributed by atoms with Gasteiger partial charge in [0.05, 0.1) is 12.6 Å². The summed E-state index contributed by atoms with van der Waals surface area (Å²) in [4.78, 5) is 15.8. The molecule has 4 nitrogen and oxygen atoms in total. The molecular weight excluding hydrogens is 307 g/mol. The first-order valence-electron chi connectivity index (χ1n) is 7.45. The third-order valence-corrected chi connectivity index (χ3v) is 4.59. The summed E-state index contributed by atoms with van der Waals surface area (Å²) in [5.41, 5.74) is 0.336. The Bertz CT molecular complexity index is 519. The lowest BCUT2D eigenvalue weighted by atomic mass is 10.0. The van der Waals surface area contributed by atoms with Gasteiger partial charge in [0.15, 0.2) is 0 Å². The normalized spacial score (nSPS) is 20.1. The summed E-state index contributed by atoms with van der Waals surface area (Å²) in [7, 11) is 1.65. The lowest BCUT2D eigenvalue weighted by molar-refractivity contribution is -0.131. The van der Waals surface area contributed by atoms with Crippen molar-refractivity contribution in [1.82, 2.24) is 9.80 Å². The highest BCUT2D eigenvalue weighted by atomic mass is 35.5. The molecule has 2 rings (SSSR count). The second-order valence-electron chi connectivity index (χ2n) is 5.97. The van der Waals surface area contributed by atoms with Gasteiger partial charge in [-0.3, -0.25) is 9.69 Å². The van der Waals surface area contributed by atoms with Crippen LogP contribution in [-0.4, -0.2) is 53.6 Å². The zero-order chi connectivity index (χ0) is 16.3. The molecule has 6 heteroatoms.